The number of anilines is 1. The Kier molecular flexibility index (Phi) is 7.15. The molecule has 19 heavy (non-hydrogen) atoms. The van der Waals surface area contributed by atoms with Crippen LogP contribution in [-0.4, -0.2) is 25.7 Å². The molecule has 0 fully saturated rings. The van der Waals surface area contributed by atoms with Gasteiger partial charge in [-0.25, -0.2) is 0 Å². The lowest BCUT2D eigenvalue weighted by Crippen LogP contribution is -2.19. The molecule has 106 valence electrons. The van der Waals surface area contributed by atoms with Crippen LogP contribution in [0.5, 0.6) is 0 Å². The standard InChI is InChI=1S/C15H24N2O2/c1-4-10-19-11-15(18)17-14-8-6-13(7-9-14)12(3)16-5-2/h6-9,12,16H,4-5,10-11H2,1-3H3,(H,17,18). The summed E-state index contributed by atoms with van der Waals surface area (Å²) < 4.78 is 5.19. The molecule has 0 saturated heterocycles. The van der Waals surface area contributed by atoms with Crippen molar-refractivity contribution in [2.24, 2.45) is 0 Å². The Morgan fingerprint density at radius 2 is 1.95 bits per heavy atom. The molecule has 0 aliphatic heterocycles. The van der Waals surface area contributed by atoms with E-state index in [2.05, 4.69) is 24.5 Å². The van der Waals surface area contributed by atoms with Crippen molar-refractivity contribution in [1.29, 1.82) is 0 Å². The number of hydrogen-bond acceptors (Lipinski definition) is 3. The van der Waals surface area contributed by atoms with E-state index >= 15 is 0 Å². The monoisotopic (exact) mass is 264 g/mol. The number of amides is 1. The van der Waals surface area contributed by atoms with Gasteiger partial charge in [0.2, 0.25) is 5.91 Å². The van der Waals surface area contributed by atoms with Gasteiger partial charge in [-0.15, -0.1) is 0 Å². The maximum atomic E-state index is 11.6. The van der Waals surface area contributed by atoms with Crippen molar-refractivity contribution in [3.8, 4) is 0 Å². The number of nitrogens with one attached hydrogen (secondary N) is 2. The Morgan fingerprint density at radius 3 is 2.53 bits per heavy atom. The summed E-state index contributed by atoms with van der Waals surface area (Å²) in [7, 11) is 0. The molecule has 1 atom stereocenters. The van der Waals surface area contributed by atoms with E-state index in [1.54, 1.807) is 0 Å². The Bertz CT molecular complexity index is 376. The second-order valence-electron chi connectivity index (χ2n) is 4.50. The van der Waals surface area contributed by atoms with Crippen LogP contribution in [0.1, 0.15) is 38.8 Å². The highest BCUT2D eigenvalue weighted by Gasteiger charge is 2.05. The molecule has 4 nitrogen and oxygen atoms in total. The molecule has 0 heterocycles. The SMILES string of the molecule is CCCOCC(=O)Nc1ccc(C(C)NCC)cc1. The molecule has 0 spiro atoms. The lowest BCUT2D eigenvalue weighted by molar-refractivity contribution is -0.120. The number of benzene rings is 1. The maximum Gasteiger partial charge on any atom is 0.250 e. The normalized spacial score (nSPS) is 12.2. The molecule has 1 rings (SSSR count). The summed E-state index contributed by atoms with van der Waals surface area (Å²) in [5.41, 5.74) is 2.01. The Balaban J connectivity index is 2.45. The molecule has 0 bridgehead atoms. The Morgan fingerprint density at radius 1 is 1.26 bits per heavy atom. The van der Waals surface area contributed by atoms with E-state index < -0.39 is 0 Å². The van der Waals surface area contributed by atoms with Gasteiger partial charge in [0.05, 0.1) is 0 Å². The summed E-state index contributed by atoms with van der Waals surface area (Å²) in [4.78, 5) is 11.6. The molecule has 4 heteroatoms. The van der Waals surface area contributed by atoms with Crippen LogP contribution in [0.15, 0.2) is 24.3 Å². The van der Waals surface area contributed by atoms with Crippen molar-refractivity contribution in [2.45, 2.75) is 33.2 Å². The molecule has 1 aromatic carbocycles. The number of rotatable bonds is 8. The third-order valence-corrected chi connectivity index (χ3v) is 2.79. The number of carbonyl (C=O) groups excluding carboxylic acids is 1. The summed E-state index contributed by atoms with van der Waals surface area (Å²) in [5, 5.41) is 6.16. The van der Waals surface area contributed by atoms with Crippen molar-refractivity contribution >= 4 is 11.6 Å². The number of ether oxygens (including phenoxy) is 1. The summed E-state index contributed by atoms with van der Waals surface area (Å²) in [6, 6.07) is 8.20. The molecule has 2 N–H and O–H groups in total. The fraction of sp³-hybridized carbons (Fsp3) is 0.533. The average molecular weight is 264 g/mol. The zero-order valence-corrected chi connectivity index (χ0v) is 12.0. The van der Waals surface area contributed by atoms with Crippen molar-refractivity contribution in [1.82, 2.24) is 5.32 Å². The van der Waals surface area contributed by atoms with Crippen molar-refractivity contribution in [2.75, 3.05) is 25.1 Å². The Hall–Kier alpha value is -1.39. The summed E-state index contributed by atoms with van der Waals surface area (Å²) in [6.07, 6.45) is 0.921. The second kappa shape index (κ2) is 8.67. The van der Waals surface area contributed by atoms with Gasteiger partial charge in [-0.1, -0.05) is 26.0 Å². The van der Waals surface area contributed by atoms with Crippen LogP contribution in [0, 0.1) is 0 Å². The van der Waals surface area contributed by atoms with Crippen molar-refractivity contribution in [3.05, 3.63) is 29.8 Å². The molecular weight excluding hydrogens is 240 g/mol. The highest BCUT2D eigenvalue weighted by molar-refractivity contribution is 5.91. The minimum atomic E-state index is -0.110. The quantitative estimate of drug-likeness (QED) is 0.710. The molecule has 1 aromatic rings. The lowest BCUT2D eigenvalue weighted by Gasteiger charge is -2.13. The van der Waals surface area contributed by atoms with Crippen LogP contribution in [0.4, 0.5) is 5.69 Å². The predicted octanol–water partition coefficient (Wildman–Crippen LogP) is 2.72. The van der Waals surface area contributed by atoms with E-state index in [0.29, 0.717) is 12.6 Å². The third-order valence-electron chi connectivity index (χ3n) is 2.79. The zero-order chi connectivity index (χ0) is 14.1. The van der Waals surface area contributed by atoms with E-state index in [1.165, 1.54) is 5.56 Å². The topological polar surface area (TPSA) is 50.4 Å². The van der Waals surface area contributed by atoms with Crippen molar-refractivity contribution < 1.29 is 9.53 Å². The van der Waals surface area contributed by atoms with E-state index in [4.69, 9.17) is 4.74 Å². The van der Waals surface area contributed by atoms with Crippen LogP contribution in [0.25, 0.3) is 0 Å². The van der Waals surface area contributed by atoms with Crippen LogP contribution in [0.2, 0.25) is 0 Å². The first-order valence-electron chi connectivity index (χ1n) is 6.88. The smallest absolute Gasteiger partial charge is 0.250 e. The minimum absolute atomic E-state index is 0.110. The van der Waals surface area contributed by atoms with Gasteiger partial charge in [-0.2, -0.15) is 0 Å². The van der Waals surface area contributed by atoms with Gasteiger partial charge in [0, 0.05) is 18.3 Å². The fourth-order valence-electron chi connectivity index (χ4n) is 1.79. The van der Waals surface area contributed by atoms with Gasteiger partial charge in [0.15, 0.2) is 0 Å². The zero-order valence-electron chi connectivity index (χ0n) is 12.0. The molecule has 1 unspecified atom stereocenters. The highest BCUT2D eigenvalue weighted by Crippen LogP contribution is 2.15. The van der Waals surface area contributed by atoms with E-state index in [9.17, 15) is 4.79 Å². The molecular formula is C15H24N2O2. The lowest BCUT2D eigenvalue weighted by atomic mass is 10.1. The molecule has 0 radical (unpaired) electrons. The van der Waals surface area contributed by atoms with Crippen LogP contribution in [-0.2, 0) is 9.53 Å². The van der Waals surface area contributed by atoms with Crippen LogP contribution < -0.4 is 10.6 Å². The molecule has 0 aromatic heterocycles. The molecule has 0 aliphatic rings. The van der Waals surface area contributed by atoms with Gasteiger partial charge in [-0.05, 0) is 37.6 Å². The first-order valence-corrected chi connectivity index (χ1v) is 6.88. The third kappa shape index (κ3) is 5.85. The molecule has 1 amide bonds. The first-order chi connectivity index (χ1) is 9.17. The van der Waals surface area contributed by atoms with Gasteiger partial charge >= 0.3 is 0 Å². The molecule has 0 saturated carbocycles. The first kappa shape index (κ1) is 15.7. The highest BCUT2D eigenvalue weighted by atomic mass is 16.5. The summed E-state index contributed by atoms with van der Waals surface area (Å²) in [5.74, 6) is -0.110. The average Bonchev–Trinajstić information content (AvgIpc) is 2.40. The minimum Gasteiger partial charge on any atom is -0.372 e. The van der Waals surface area contributed by atoms with Crippen molar-refractivity contribution in [3.63, 3.8) is 0 Å². The summed E-state index contributed by atoms with van der Waals surface area (Å²) >= 11 is 0. The van der Waals surface area contributed by atoms with Gasteiger partial charge in [-0.3, -0.25) is 4.79 Å². The largest absolute Gasteiger partial charge is 0.372 e. The predicted molar refractivity (Wildman–Crippen MR) is 78.3 cm³/mol. The number of hydrogen-bond donors (Lipinski definition) is 2. The second-order valence-corrected chi connectivity index (χ2v) is 4.50. The van der Waals surface area contributed by atoms with Gasteiger partial charge in [0.25, 0.3) is 0 Å². The fourth-order valence-corrected chi connectivity index (χ4v) is 1.79. The van der Waals surface area contributed by atoms with E-state index in [-0.39, 0.29) is 12.5 Å². The molecule has 0 aliphatic carbocycles. The summed E-state index contributed by atoms with van der Waals surface area (Å²) in [6.45, 7) is 7.89. The number of carbonyl (C=O) groups is 1. The Labute approximate surface area is 115 Å². The van der Waals surface area contributed by atoms with E-state index in [0.717, 1.165) is 18.7 Å². The van der Waals surface area contributed by atoms with Crippen LogP contribution >= 0.6 is 0 Å². The van der Waals surface area contributed by atoms with Gasteiger partial charge in [0.1, 0.15) is 6.61 Å². The van der Waals surface area contributed by atoms with Crippen LogP contribution in [0.3, 0.4) is 0 Å². The van der Waals surface area contributed by atoms with Gasteiger partial charge < -0.3 is 15.4 Å². The van der Waals surface area contributed by atoms with E-state index in [1.807, 2.05) is 31.2 Å². The maximum absolute atomic E-state index is 11.6.